The van der Waals surface area contributed by atoms with Gasteiger partial charge in [-0.25, -0.2) is 15.4 Å². The van der Waals surface area contributed by atoms with Gasteiger partial charge < -0.3 is 9.47 Å². The van der Waals surface area contributed by atoms with Crippen molar-refractivity contribution < 1.29 is 14.4 Å². The summed E-state index contributed by atoms with van der Waals surface area (Å²) >= 11 is 0. The van der Waals surface area contributed by atoms with E-state index in [4.69, 9.17) is 9.47 Å². The van der Waals surface area contributed by atoms with Crippen molar-refractivity contribution in [3.63, 3.8) is 0 Å². The molecule has 2 heterocycles. The summed E-state index contributed by atoms with van der Waals surface area (Å²) in [6.45, 7) is 0.0263. The number of nitrogens with one attached hydrogen (secondary N) is 1. The number of aromatic nitrogens is 2. The van der Waals surface area contributed by atoms with Crippen LogP contribution in [0.1, 0.15) is 5.56 Å². The Balaban J connectivity index is 1.50. The first-order valence-electron chi connectivity index (χ1n) is 9.38. The Morgan fingerprint density at radius 3 is 2.55 bits per heavy atom. The summed E-state index contributed by atoms with van der Waals surface area (Å²) < 4.78 is 10.5. The van der Waals surface area contributed by atoms with Gasteiger partial charge in [0, 0.05) is 10.9 Å². The fourth-order valence-electron chi connectivity index (χ4n) is 3.31. The number of fused-ring (bicyclic) bond motifs is 2. The van der Waals surface area contributed by atoms with Gasteiger partial charge in [0.25, 0.3) is 5.69 Å². The number of rotatable bonds is 5. The summed E-state index contributed by atoms with van der Waals surface area (Å²) in [7, 11) is 0. The van der Waals surface area contributed by atoms with Crippen molar-refractivity contribution in [3.8, 4) is 22.8 Å². The molecule has 0 fully saturated rings. The van der Waals surface area contributed by atoms with Crippen LogP contribution in [0, 0.1) is 10.1 Å². The predicted molar refractivity (Wildman–Crippen MR) is 115 cm³/mol. The maximum atomic E-state index is 11.4. The van der Waals surface area contributed by atoms with Crippen LogP contribution >= 0.6 is 0 Å². The van der Waals surface area contributed by atoms with Crippen LogP contribution in [-0.2, 0) is 0 Å². The smallest absolute Gasteiger partial charge is 0.282 e. The predicted octanol–water partition coefficient (Wildman–Crippen LogP) is 4.38. The minimum atomic E-state index is -0.497. The monoisotopic (exact) mass is 413 g/mol. The van der Waals surface area contributed by atoms with E-state index < -0.39 is 4.92 Å². The van der Waals surface area contributed by atoms with E-state index in [9.17, 15) is 10.1 Å². The molecule has 0 saturated carbocycles. The molecule has 9 heteroatoms. The number of ether oxygens (including phenoxy) is 2. The topological polar surface area (TPSA) is 112 Å². The fraction of sp³-hybridized carbons (Fsp3) is 0.0455. The normalized spacial score (nSPS) is 12.4. The molecule has 0 bridgehead atoms. The number of hydrogen-bond acceptors (Lipinski definition) is 8. The average Bonchev–Trinajstić information content (AvgIpc) is 3.26. The summed E-state index contributed by atoms with van der Waals surface area (Å²) in [6, 6.07) is 20.3. The maximum Gasteiger partial charge on any atom is 0.282 e. The summed E-state index contributed by atoms with van der Waals surface area (Å²) in [5.41, 5.74) is 5.37. The SMILES string of the molecule is O=[N+]([O-])c1cc2c(cc1/C=N/Nc1nc(-c3ccccc3)c3ccccc3n1)OCO2. The molecule has 31 heavy (non-hydrogen) atoms. The first kappa shape index (κ1) is 18.5. The molecule has 9 nitrogen and oxygen atoms in total. The molecule has 0 unspecified atom stereocenters. The van der Waals surface area contributed by atoms with Crippen LogP contribution in [0.2, 0.25) is 0 Å². The minimum absolute atomic E-state index is 0.0263. The second-order valence-corrected chi connectivity index (χ2v) is 6.67. The first-order chi connectivity index (χ1) is 15.2. The van der Waals surface area contributed by atoms with Gasteiger partial charge in [0.15, 0.2) is 11.5 Å². The molecule has 0 saturated heterocycles. The lowest BCUT2D eigenvalue weighted by atomic mass is 10.1. The fourth-order valence-corrected chi connectivity index (χ4v) is 3.31. The molecule has 0 spiro atoms. The zero-order valence-electron chi connectivity index (χ0n) is 16.1. The number of nitro groups is 1. The van der Waals surface area contributed by atoms with Crippen molar-refractivity contribution in [1.29, 1.82) is 0 Å². The van der Waals surface area contributed by atoms with Crippen molar-refractivity contribution in [2.75, 3.05) is 12.2 Å². The van der Waals surface area contributed by atoms with Gasteiger partial charge in [-0.1, -0.05) is 48.5 Å². The first-order valence-corrected chi connectivity index (χ1v) is 9.38. The molecule has 1 aliphatic heterocycles. The van der Waals surface area contributed by atoms with Gasteiger partial charge in [0.1, 0.15) is 0 Å². The molecular weight excluding hydrogens is 398 g/mol. The highest BCUT2D eigenvalue weighted by Gasteiger charge is 2.22. The molecule has 1 aliphatic rings. The van der Waals surface area contributed by atoms with Gasteiger partial charge >= 0.3 is 0 Å². The second-order valence-electron chi connectivity index (χ2n) is 6.67. The lowest BCUT2D eigenvalue weighted by Crippen LogP contribution is -2.01. The number of para-hydroxylation sites is 1. The zero-order chi connectivity index (χ0) is 21.2. The minimum Gasteiger partial charge on any atom is -0.454 e. The van der Waals surface area contributed by atoms with Gasteiger partial charge in [-0.15, -0.1) is 0 Å². The molecule has 0 atom stereocenters. The van der Waals surface area contributed by atoms with Crippen molar-refractivity contribution in [1.82, 2.24) is 9.97 Å². The van der Waals surface area contributed by atoms with Crippen LogP contribution in [0.5, 0.6) is 11.5 Å². The highest BCUT2D eigenvalue weighted by molar-refractivity contribution is 5.93. The quantitative estimate of drug-likeness (QED) is 0.293. The maximum absolute atomic E-state index is 11.4. The largest absolute Gasteiger partial charge is 0.454 e. The highest BCUT2D eigenvalue weighted by Crippen LogP contribution is 2.37. The van der Waals surface area contributed by atoms with Crippen molar-refractivity contribution in [3.05, 3.63) is 82.4 Å². The zero-order valence-corrected chi connectivity index (χ0v) is 16.1. The van der Waals surface area contributed by atoms with E-state index in [1.165, 1.54) is 18.3 Å². The molecule has 0 radical (unpaired) electrons. The molecule has 1 aromatic heterocycles. The summed E-state index contributed by atoms with van der Waals surface area (Å²) in [5, 5.41) is 16.4. The van der Waals surface area contributed by atoms with E-state index in [1.807, 2.05) is 54.6 Å². The third-order valence-corrected chi connectivity index (χ3v) is 4.74. The van der Waals surface area contributed by atoms with Gasteiger partial charge in [-0.2, -0.15) is 5.10 Å². The molecule has 5 rings (SSSR count). The van der Waals surface area contributed by atoms with E-state index in [2.05, 4.69) is 20.5 Å². The van der Waals surface area contributed by atoms with E-state index in [-0.39, 0.29) is 24.0 Å². The van der Waals surface area contributed by atoms with Crippen LogP contribution in [0.3, 0.4) is 0 Å². The Bertz CT molecular complexity index is 1320. The van der Waals surface area contributed by atoms with Crippen LogP contribution in [-0.4, -0.2) is 27.9 Å². The van der Waals surface area contributed by atoms with E-state index in [0.717, 1.165) is 22.2 Å². The van der Waals surface area contributed by atoms with Gasteiger partial charge in [0.05, 0.1) is 34.0 Å². The van der Waals surface area contributed by atoms with E-state index in [0.29, 0.717) is 11.5 Å². The molecular formula is C22H15N5O4. The number of benzene rings is 3. The number of hydrazone groups is 1. The van der Waals surface area contributed by atoms with Gasteiger partial charge in [-0.3, -0.25) is 10.1 Å². The Hall–Kier alpha value is -4.53. The third-order valence-electron chi connectivity index (χ3n) is 4.74. The van der Waals surface area contributed by atoms with E-state index >= 15 is 0 Å². The molecule has 1 N–H and O–H groups in total. The highest BCUT2D eigenvalue weighted by atomic mass is 16.7. The Morgan fingerprint density at radius 1 is 1.00 bits per heavy atom. The number of anilines is 1. The number of hydrogen-bond donors (Lipinski definition) is 1. The summed E-state index contributed by atoms with van der Waals surface area (Å²) in [6.07, 6.45) is 1.33. The van der Waals surface area contributed by atoms with Crippen LogP contribution in [0.4, 0.5) is 11.6 Å². The molecule has 0 aliphatic carbocycles. The second kappa shape index (κ2) is 7.71. The lowest BCUT2D eigenvalue weighted by Gasteiger charge is -2.08. The van der Waals surface area contributed by atoms with Crippen molar-refractivity contribution in [2.24, 2.45) is 5.10 Å². The van der Waals surface area contributed by atoms with Crippen molar-refractivity contribution >= 4 is 28.8 Å². The van der Waals surface area contributed by atoms with Crippen molar-refractivity contribution in [2.45, 2.75) is 0 Å². The summed E-state index contributed by atoms with van der Waals surface area (Å²) in [4.78, 5) is 20.0. The third kappa shape index (κ3) is 3.60. The van der Waals surface area contributed by atoms with Gasteiger partial charge in [-0.05, 0) is 12.1 Å². The summed E-state index contributed by atoms with van der Waals surface area (Å²) in [5.74, 6) is 1.04. The molecule has 0 amide bonds. The number of nitrogens with zero attached hydrogens (tertiary/aromatic N) is 4. The Kier molecular flexibility index (Phi) is 4.60. The molecule has 4 aromatic rings. The van der Waals surface area contributed by atoms with Crippen LogP contribution in [0.25, 0.3) is 22.2 Å². The Morgan fingerprint density at radius 2 is 1.74 bits per heavy atom. The number of nitro benzene ring substituents is 1. The molecule has 3 aromatic carbocycles. The van der Waals surface area contributed by atoms with E-state index in [1.54, 1.807) is 0 Å². The van der Waals surface area contributed by atoms with Gasteiger partial charge in [0.2, 0.25) is 12.7 Å². The average molecular weight is 413 g/mol. The Labute approximate surface area is 176 Å². The molecule has 152 valence electrons. The van der Waals surface area contributed by atoms with Crippen LogP contribution < -0.4 is 14.9 Å². The lowest BCUT2D eigenvalue weighted by molar-refractivity contribution is -0.385. The van der Waals surface area contributed by atoms with Crippen LogP contribution in [0.15, 0.2) is 71.8 Å². The standard InChI is InChI=1S/C22H15N5O4/c28-27(29)18-11-20-19(30-13-31-20)10-15(18)12-23-26-22-24-17-9-5-4-8-16(17)21(25-22)14-6-2-1-3-7-14/h1-12H,13H2,(H,24,25,26)/b23-12+.